The van der Waals surface area contributed by atoms with Crippen LogP contribution in [0.4, 0.5) is 0 Å². The number of aromatic nitrogens is 2. The normalized spacial score (nSPS) is 16.6. The molecule has 3 rings (SSSR count). The van der Waals surface area contributed by atoms with Gasteiger partial charge in [0.2, 0.25) is 0 Å². The van der Waals surface area contributed by atoms with E-state index in [9.17, 15) is 5.11 Å². The predicted octanol–water partition coefficient (Wildman–Crippen LogP) is 3.39. The number of β-amino-alcohol motifs (C(OH)–C–C–N with tert-alkyl or cyclic N) is 1. The minimum atomic E-state index is -0.511. The number of halogens is 1. The Balaban J connectivity index is 0.00000192. The van der Waals surface area contributed by atoms with E-state index >= 15 is 0 Å². The molecule has 1 aliphatic rings. The summed E-state index contributed by atoms with van der Waals surface area (Å²) in [6.07, 6.45) is 5.03. The van der Waals surface area contributed by atoms with Crippen molar-refractivity contribution in [3.63, 3.8) is 0 Å². The summed E-state index contributed by atoms with van der Waals surface area (Å²) < 4.78 is 0. The van der Waals surface area contributed by atoms with Crippen LogP contribution < -0.4 is 0 Å². The van der Waals surface area contributed by atoms with Gasteiger partial charge in [-0.2, -0.15) is 0 Å². The molecule has 1 aromatic heterocycles. The highest BCUT2D eigenvalue weighted by molar-refractivity contribution is 5.85. The molecule has 124 valence electrons. The molecule has 1 N–H and O–H groups in total. The van der Waals surface area contributed by atoms with E-state index in [2.05, 4.69) is 14.9 Å². The van der Waals surface area contributed by atoms with Gasteiger partial charge in [-0.25, -0.2) is 9.97 Å². The Kier molecular flexibility index (Phi) is 6.51. The molecule has 2 aromatic rings. The van der Waals surface area contributed by atoms with Crippen molar-refractivity contribution in [2.75, 3.05) is 19.6 Å². The number of aryl methyl sites for hydroxylation is 1. The van der Waals surface area contributed by atoms with Gasteiger partial charge in [0, 0.05) is 29.6 Å². The lowest BCUT2D eigenvalue weighted by molar-refractivity contribution is 0.100. The van der Waals surface area contributed by atoms with Crippen molar-refractivity contribution < 1.29 is 5.11 Å². The smallest absolute Gasteiger partial charge is 0.159 e. The predicted molar refractivity (Wildman–Crippen MR) is 94.7 cm³/mol. The molecule has 0 amide bonds. The molecule has 1 atom stereocenters. The minimum Gasteiger partial charge on any atom is -0.387 e. The van der Waals surface area contributed by atoms with Crippen LogP contribution in [0.5, 0.6) is 0 Å². The lowest BCUT2D eigenvalue weighted by Gasteiger charge is -2.28. The van der Waals surface area contributed by atoms with Gasteiger partial charge in [-0.3, -0.25) is 0 Å². The van der Waals surface area contributed by atoms with Crippen LogP contribution in [0.15, 0.2) is 36.5 Å². The fraction of sp³-hybridized carbons (Fsp3) is 0.444. The Morgan fingerprint density at radius 2 is 1.83 bits per heavy atom. The molecular weight excluding hydrogens is 310 g/mol. The van der Waals surface area contributed by atoms with E-state index < -0.39 is 6.10 Å². The summed E-state index contributed by atoms with van der Waals surface area (Å²) in [5, 5.41) is 10.5. The molecule has 0 saturated carbocycles. The molecule has 1 fully saturated rings. The van der Waals surface area contributed by atoms with Crippen LogP contribution in [0.25, 0.3) is 11.4 Å². The van der Waals surface area contributed by atoms with Gasteiger partial charge in [-0.05, 0) is 32.9 Å². The second-order valence-electron chi connectivity index (χ2n) is 5.98. The lowest BCUT2D eigenvalue weighted by atomic mass is 10.1. The first-order valence-electron chi connectivity index (χ1n) is 8.03. The second kappa shape index (κ2) is 8.39. The fourth-order valence-corrected chi connectivity index (χ4v) is 3.01. The zero-order valence-corrected chi connectivity index (χ0v) is 14.3. The van der Waals surface area contributed by atoms with Crippen LogP contribution in [0.3, 0.4) is 0 Å². The number of likely N-dealkylation sites (tertiary alicyclic amines) is 1. The monoisotopic (exact) mass is 333 g/mol. The molecule has 1 aromatic carbocycles. The average Bonchev–Trinajstić information content (AvgIpc) is 2.56. The SMILES string of the molecule is Cc1nc(-c2ccccc2)ncc1C(O)CN1CCCCC1.Cl. The van der Waals surface area contributed by atoms with Gasteiger partial charge in [0.25, 0.3) is 0 Å². The van der Waals surface area contributed by atoms with Gasteiger partial charge >= 0.3 is 0 Å². The molecule has 0 bridgehead atoms. The van der Waals surface area contributed by atoms with E-state index in [1.54, 1.807) is 6.20 Å². The largest absolute Gasteiger partial charge is 0.387 e. The molecule has 1 unspecified atom stereocenters. The first kappa shape index (κ1) is 17.9. The minimum absolute atomic E-state index is 0. The number of benzene rings is 1. The molecule has 4 nitrogen and oxygen atoms in total. The number of hydrogen-bond acceptors (Lipinski definition) is 4. The van der Waals surface area contributed by atoms with Gasteiger partial charge < -0.3 is 10.0 Å². The molecule has 1 saturated heterocycles. The summed E-state index contributed by atoms with van der Waals surface area (Å²) >= 11 is 0. The van der Waals surface area contributed by atoms with Crippen LogP contribution >= 0.6 is 12.4 Å². The first-order chi connectivity index (χ1) is 10.7. The van der Waals surface area contributed by atoms with Crippen LogP contribution in [-0.2, 0) is 0 Å². The Labute approximate surface area is 144 Å². The summed E-state index contributed by atoms with van der Waals surface area (Å²) in [4.78, 5) is 11.3. The highest BCUT2D eigenvalue weighted by Gasteiger charge is 2.18. The van der Waals surface area contributed by atoms with Crippen molar-refractivity contribution in [3.05, 3.63) is 47.8 Å². The van der Waals surface area contributed by atoms with Gasteiger partial charge in [0.1, 0.15) is 0 Å². The van der Waals surface area contributed by atoms with E-state index in [0.717, 1.165) is 29.9 Å². The molecule has 23 heavy (non-hydrogen) atoms. The van der Waals surface area contributed by atoms with Crippen molar-refractivity contribution in [1.29, 1.82) is 0 Å². The van der Waals surface area contributed by atoms with E-state index in [0.29, 0.717) is 12.4 Å². The molecule has 0 radical (unpaired) electrons. The maximum atomic E-state index is 10.5. The Hall–Kier alpha value is -1.49. The third-order valence-electron chi connectivity index (χ3n) is 4.29. The van der Waals surface area contributed by atoms with E-state index in [1.807, 2.05) is 37.3 Å². The van der Waals surface area contributed by atoms with Crippen molar-refractivity contribution in [1.82, 2.24) is 14.9 Å². The number of aliphatic hydroxyl groups excluding tert-OH is 1. The maximum Gasteiger partial charge on any atom is 0.159 e. The highest BCUT2D eigenvalue weighted by atomic mass is 35.5. The van der Waals surface area contributed by atoms with Gasteiger partial charge in [0.05, 0.1) is 6.10 Å². The zero-order chi connectivity index (χ0) is 15.4. The van der Waals surface area contributed by atoms with E-state index in [1.165, 1.54) is 19.3 Å². The Morgan fingerprint density at radius 1 is 1.13 bits per heavy atom. The zero-order valence-electron chi connectivity index (χ0n) is 13.5. The van der Waals surface area contributed by atoms with Crippen molar-refractivity contribution in [2.45, 2.75) is 32.3 Å². The lowest BCUT2D eigenvalue weighted by Crippen LogP contribution is -2.33. The third-order valence-corrected chi connectivity index (χ3v) is 4.29. The summed E-state index contributed by atoms with van der Waals surface area (Å²) in [7, 11) is 0. The number of nitrogens with zero attached hydrogens (tertiary/aromatic N) is 3. The molecule has 2 heterocycles. The van der Waals surface area contributed by atoms with E-state index in [-0.39, 0.29) is 12.4 Å². The summed E-state index contributed by atoms with van der Waals surface area (Å²) in [6, 6.07) is 9.94. The summed E-state index contributed by atoms with van der Waals surface area (Å²) in [5.41, 5.74) is 2.70. The number of piperidine rings is 1. The second-order valence-corrected chi connectivity index (χ2v) is 5.98. The van der Waals surface area contributed by atoms with Crippen LogP contribution in [0.1, 0.15) is 36.6 Å². The van der Waals surface area contributed by atoms with Gasteiger partial charge in [-0.1, -0.05) is 36.8 Å². The Morgan fingerprint density at radius 3 is 2.48 bits per heavy atom. The molecule has 5 heteroatoms. The topological polar surface area (TPSA) is 49.3 Å². The average molecular weight is 334 g/mol. The van der Waals surface area contributed by atoms with Gasteiger partial charge in [-0.15, -0.1) is 12.4 Å². The highest BCUT2D eigenvalue weighted by Crippen LogP contribution is 2.21. The standard InChI is InChI=1S/C18H23N3O.ClH/c1-14-16(17(22)13-21-10-6-3-7-11-21)12-19-18(20-14)15-8-4-2-5-9-15;/h2,4-5,8-9,12,17,22H,3,6-7,10-11,13H2,1H3;1H. The van der Waals surface area contributed by atoms with Crippen LogP contribution in [0.2, 0.25) is 0 Å². The molecule has 1 aliphatic heterocycles. The summed E-state index contributed by atoms with van der Waals surface area (Å²) in [6.45, 7) is 4.79. The van der Waals surface area contributed by atoms with Crippen molar-refractivity contribution >= 4 is 12.4 Å². The molecule has 0 spiro atoms. The quantitative estimate of drug-likeness (QED) is 0.931. The molecular formula is C18H24ClN3O. The van der Waals surface area contributed by atoms with Gasteiger partial charge in [0.15, 0.2) is 5.82 Å². The Bertz CT molecular complexity index is 615. The van der Waals surface area contributed by atoms with Crippen LogP contribution in [0, 0.1) is 6.92 Å². The maximum absolute atomic E-state index is 10.5. The summed E-state index contributed by atoms with van der Waals surface area (Å²) in [5.74, 6) is 0.715. The number of hydrogen-bond donors (Lipinski definition) is 1. The van der Waals surface area contributed by atoms with Crippen molar-refractivity contribution in [2.24, 2.45) is 0 Å². The fourth-order valence-electron chi connectivity index (χ4n) is 3.01. The van der Waals surface area contributed by atoms with Crippen LogP contribution in [-0.4, -0.2) is 39.6 Å². The number of aliphatic hydroxyl groups is 1. The van der Waals surface area contributed by atoms with E-state index in [4.69, 9.17) is 0 Å². The number of rotatable bonds is 4. The first-order valence-corrected chi connectivity index (χ1v) is 8.03. The third kappa shape index (κ3) is 4.50. The molecule has 0 aliphatic carbocycles. The van der Waals surface area contributed by atoms with Crippen molar-refractivity contribution in [3.8, 4) is 11.4 Å².